The number of ether oxygens (including phenoxy) is 2. The largest absolute Gasteiger partial charge is 0.494 e. The maximum Gasteiger partial charge on any atom is 0.292 e. The van der Waals surface area contributed by atoms with Crippen molar-refractivity contribution in [1.29, 1.82) is 0 Å². The van der Waals surface area contributed by atoms with Gasteiger partial charge in [-0.1, -0.05) is 6.07 Å². The molecule has 0 spiro atoms. The van der Waals surface area contributed by atoms with E-state index in [4.69, 9.17) is 15.2 Å². The van der Waals surface area contributed by atoms with Crippen molar-refractivity contribution < 1.29 is 14.4 Å². The molecule has 0 aromatic heterocycles. The molecule has 0 fully saturated rings. The highest BCUT2D eigenvalue weighted by molar-refractivity contribution is 5.59. The van der Waals surface area contributed by atoms with Crippen molar-refractivity contribution in [3.8, 4) is 11.5 Å². The maximum absolute atomic E-state index is 10.7. The topological polar surface area (TPSA) is 87.6 Å². The third-order valence-electron chi connectivity index (χ3n) is 2.81. The SMILES string of the molecule is CCOc1cccc(OCc2ccc([N+](=O)[O-])c(N)c2)c1. The fourth-order valence-corrected chi connectivity index (χ4v) is 1.85. The first kappa shape index (κ1) is 14.6. The molecule has 2 aromatic carbocycles. The first-order chi connectivity index (χ1) is 10.1. The average Bonchev–Trinajstić information content (AvgIpc) is 2.45. The molecule has 110 valence electrons. The highest BCUT2D eigenvalue weighted by atomic mass is 16.6. The van der Waals surface area contributed by atoms with E-state index in [2.05, 4.69) is 0 Å². The Hall–Kier alpha value is -2.76. The molecule has 0 amide bonds. The number of hydrogen-bond donors (Lipinski definition) is 1. The van der Waals surface area contributed by atoms with E-state index < -0.39 is 4.92 Å². The molecular weight excluding hydrogens is 272 g/mol. The molecule has 6 nitrogen and oxygen atoms in total. The minimum Gasteiger partial charge on any atom is -0.494 e. The lowest BCUT2D eigenvalue weighted by atomic mass is 10.2. The molecule has 0 saturated carbocycles. The Bertz CT molecular complexity index is 643. The predicted octanol–water partition coefficient (Wildman–Crippen LogP) is 3.15. The van der Waals surface area contributed by atoms with Gasteiger partial charge in [0.05, 0.1) is 11.5 Å². The zero-order valence-corrected chi connectivity index (χ0v) is 11.6. The monoisotopic (exact) mass is 288 g/mol. The van der Waals surface area contributed by atoms with Crippen molar-refractivity contribution in [1.82, 2.24) is 0 Å². The van der Waals surface area contributed by atoms with Crippen LogP contribution < -0.4 is 15.2 Å². The number of nitro groups is 1. The van der Waals surface area contributed by atoms with E-state index in [0.717, 1.165) is 11.3 Å². The number of nitrogens with zero attached hydrogens (tertiary/aromatic N) is 1. The van der Waals surface area contributed by atoms with Crippen LogP contribution in [0.15, 0.2) is 42.5 Å². The number of rotatable bonds is 6. The highest BCUT2D eigenvalue weighted by Gasteiger charge is 2.11. The van der Waals surface area contributed by atoms with Crippen LogP contribution in [0.2, 0.25) is 0 Å². The van der Waals surface area contributed by atoms with Gasteiger partial charge in [0.1, 0.15) is 23.8 Å². The van der Waals surface area contributed by atoms with Crippen LogP contribution in [0.5, 0.6) is 11.5 Å². The third-order valence-corrected chi connectivity index (χ3v) is 2.81. The minimum absolute atomic E-state index is 0.0999. The normalized spacial score (nSPS) is 10.1. The van der Waals surface area contributed by atoms with Gasteiger partial charge in [0, 0.05) is 12.1 Å². The summed E-state index contributed by atoms with van der Waals surface area (Å²) in [6, 6.07) is 11.8. The zero-order valence-electron chi connectivity index (χ0n) is 11.6. The van der Waals surface area contributed by atoms with E-state index in [1.165, 1.54) is 6.07 Å². The molecule has 2 aromatic rings. The van der Waals surface area contributed by atoms with Gasteiger partial charge in [0.15, 0.2) is 0 Å². The van der Waals surface area contributed by atoms with Gasteiger partial charge in [-0.3, -0.25) is 10.1 Å². The fourth-order valence-electron chi connectivity index (χ4n) is 1.85. The number of nitrogens with two attached hydrogens (primary N) is 1. The van der Waals surface area contributed by atoms with Crippen LogP contribution in [-0.4, -0.2) is 11.5 Å². The second-order valence-electron chi connectivity index (χ2n) is 4.35. The summed E-state index contributed by atoms with van der Waals surface area (Å²) in [4.78, 5) is 10.2. The summed E-state index contributed by atoms with van der Waals surface area (Å²) in [5.74, 6) is 1.40. The van der Waals surface area contributed by atoms with Crippen LogP contribution in [0.1, 0.15) is 12.5 Å². The number of nitrogen functional groups attached to an aromatic ring is 1. The lowest BCUT2D eigenvalue weighted by molar-refractivity contribution is -0.383. The van der Waals surface area contributed by atoms with Gasteiger partial charge < -0.3 is 15.2 Å². The summed E-state index contributed by atoms with van der Waals surface area (Å²) in [7, 11) is 0. The molecule has 0 saturated heterocycles. The Morgan fingerprint density at radius 3 is 2.48 bits per heavy atom. The Kier molecular flexibility index (Phi) is 4.61. The van der Waals surface area contributed by atoms with Crippen molar-refractivity contribution >= 4 is 11.4 Å². The summed E-state index contributed by atoms with van der Waals surface area (Å²) in [6.07, 6.45) is 0. The van der Waals surface area contributed by atoms with Gasteiger partial charge in [-0.15, -0.1) is 0 Å². The van der Waals surface area contributed by atoms with Gasteiger partial charge >= 0.3 is 0 Å². The summed E-state index contributed by atoms with van der Waals surface area (Å²) < 4.78 is 11.0. The van der Waals surface area contributed by atoms with Crippen LogP contribution in [0.3, 0.4) is 0 Å². The van der Waals surface area contributed by atoms with E-state index in [9.17, 15) is 10.1 Å². The molecule has 0 heterocycles. The van der Waals surface area contributed by atoms with Crippen LogP contribution in [0, 0.1) is 10.1 Å². The Morgan fingerprint density at radius 1 is 1.14 bits per heavy atom. The van der Waals surface area contributed by atoms with Crippen LogP contribution >= 0.6 is 0 Å². The van der Waals surface area contributed by atoms with Crippen molar-refractivity contribution in [2.24, 2.45) is 0 Å². The zero-order chi connectivity index (χ0) is 15.2. The van der Waals surface area contributed by atoms with Crippen molar-refractivity contribution in [3.05, 3.63) is 58.1 Å². The predicted molar refractivity (Wildman–Crippen MR) is 79.5 cm³/mol. The summed E-state index contributed by atoms with van der Waals surface area (Å²) in [6.45, 7) is 2.77. The average molecular weight is 288 g/mol. The molecule has 0 radical (unpaired) electrons. The molecule has 0 aliphatic heterocycles. The number of anilines is 1. The van der Waals surface area contributed by atoms with Crippen LogP contribution in [0.4, 0.5) is 11.4 Å². The second kappa shape index (κ2) is 6.60. The Labute approximate surface area is 122 Å². The third kappa shape index (κ3) is 3.85. The Balaban J connectivity index is 2.04. The lowest BCUT2D eigenvalue weighted by Gasteiger charge is -2.09. The summed E-state index contributed by atoms with van der Waals surface area (Å²) >= 11 is 0. The molecule has 0 aliphatic rings. The molecule has 0 aliphatic carbocycles. The van der Waals surface area contributed by atoms with E-state index >= 15 is 0 Å². The Morgan fingerprint density at radius 2 is 1.86 bits per heavy atom. The van der Waals surface area contributed by atoms with Crippen molar-refractivity contribution in [2.75, 3.05) is 12.3 Å². The number of benzene rings is 2. The van der Waals surface area contributed by atoms with Gasteiger partial charge in [-0.2, -0.15) is 0 Å². The fraction of sp³-hybridized carbons (Fsp3) is 0.200. The van der Waals surface area contributed by atoms with Gasteiger partial charge in [-0.05, 0) is 36.8 Å². The standard InChI is InChI=1S/C15H16N2O4/c1-2-20-12-4-3-5-13(9-12)21-10-11-6-7-15(17(18)19)14(16)8-11/h3-9H,2,10,16H2,1H3. The van der Waals surface area contributed by atoms with Crippen molar-refractivity contribution in [3.63, 3.8) is 0 Å². The lowest BCUT2D eigenvalue weighted by Crippen LogP contribution is -2.00. The van der Waals surface area contributed by atoms with E-state index in [0.29, 0.717) is 12.4 Å². The molecule has 2 N–H and O–H groups in total. The minimum atomic E-state index is -0.508. The summed E-state index contributed by atoms with van der Waals surface area (Å²) in [5.41, 5.74) is 6.43. The van der Waals surface area contributed by atoms with E-state index in [1.807, 2.05) is 25.1 Å². The number of hydrogen-bond acceptors (Lipinski definition) is 5. The molecule has 0 atom stereocenters. The molecule has 6 heteroatoms. The van der Waals surface area contributed by atoms with Crippen molar-refractivity contribution in [2.45, 2.75) is 13.5 Å². The maximum atomic E-state index is 10.7. The second-order valence-corrected chi connectivity index (χ2v) is 4.35. The van der Waals surface area contributed by atoms with Crippen LogP contribution in [-0.2, 0) is 6.61 Å². The van der Waals surface area contributed by atoms with Gasteiger partial charge in [-0.25, -0.2) is 0 Å². The first-order valence-electron chi connectivity index (χ1n) is 6.48. The van der Waals surface area contributed by atoms with Gasteiger partial charge in [0.2, 0.25) is 0 Å². The van der Waals surface area contributed by atoms with E-state index in [-0.39, 0.29) is 18.0 Å². The van der Waals surface area contributed by atoms with Gasteiger partial charge in [0.25, 0.3) is 5.69 Å². The quantitative estimate of drug-likeness (QED) is 0.501. The molecular formula is C15H16N2O4. The molecule has 0 unspecified atom stereocenters. The molecule has 21 heavy (non-hydrogen) atoms. The first-order valence-corrected chi connectivity index (χ1v) is 6.48. The summed E-state index contributed by atoms with van der Waals surface area (Å²) in [5, 5.41) is 10.7. The number of nitro benzene ring substituents is 1. The van der Waals surface area contributed by atoms with Crippen LogP contribution in [0.25, 0.3) is 0 Å². The smallest absolute Gasteiger partial charge is 0.292 e. The highest BCUT2D eigenvalue weighted by Crippen LogP contribution is 2.24. The molecule has 2 rings (SSSR count). The molecule has 0 bridgehead atoms. The van der Waals surface area contributed by atoms with E-state index in [1.54, 1.807) is 18.2 Å².